The van der Waals surface area contributed by atoms with Crippen LogP contribution in [0.2, 0.25) is 0 Å². The van der Waals surface area contributed by atoms with Crippen molar-refractivity contribution in [1.82, 2.24) is 9.88 Å². The minimum Gasteiger partial charge on any atom is -0.468 e. The van der Waals surface area contributed by atoms with Crippen LogP contribution in [0.25, 0.3) is 0 Å². The van der Waals surface area contributed by atoms with E-state index in [1.54, 1.807) is 6.20 Å². The van der Waals surface area contributed by atoms with Crippen molar-refractivity contribution in [3.05, 3.63) is 28.5 Å². The zero-order valence-corrected chi connectivity index (χ0v) is 11.0. The van der Waals surface area contributed by atoms with E-state index < -0.39 is 0 Å². The zero-order valence-electron chi connectivity index (χ0n) is 9.44. The molecule has 0 saturated carbocycles. The Hall–Kier alpha value is -0.940. The maximum absolute atomic E-state index is 11.1. The number of carbonyl (C=O) groups is 1. The third kappa shape index (κ3) is 4.28. The minimum atomic E-state index is -0.223. The predicted molar refractivity (Wildman–Crippen MR) is 64.9 cm³/mol. The molecule has 0 radical (unpaired) electrons. The van der Waals surface area contributed by atoms with Crippen molar-refractivity contribution >= 4 is 21.9 Å². The van der Waals surface area contributed by atoms with Gasteiger partial charge in [-0.15, -0.1) is 0 Å². The number of carbonyl (C=O) groups excluding carboxylic acids is 1. The number of ether oxygens (including phenoxy) is 1. The summed E-state index contributed by atoms with van der Waals surface area (Å²) in [4.78, 5) is 17.4. The van der Waals surface area contributed by atoms with Crippen molar-refractivity contribution in [2.75, 3.05) is 20.2 Å². The molecule has 0 bridgehead atoms. The van der Waals surface area contributed by atoms with Gasteiger partial charge in [0.05, 0.1) is 19.3 Å². The van der Waals surface area contributed by atoms with Gasteiger partial charge in [-0.2, -0.15) is 0 Å². The molecule has 88 valence electrons. The van der Waals surface area contributed by atoms with E-state index in [4.69, 9.17) is 0 Å². The largest absolute Gasteiger partial charge is 0.468 e. The van der Waals surface area contributed by atoms with E-state index in [0.717, 1.165) is 16.7 Å². The van der Waals surface area contributed by atoms with Gasteiger partial charge < -0.3 is 4.74 Å². The lowest BCUT2D eigenvalue weighted by Gasteiger charge is -2.18. The Balaban J connectivity index is 2.56. The summed E-state index contributed by atoms with van der Waals surface area (Å²) in [6.45, 7) is 3.73. The second kappa shape index (κ2) is 6.60. The maximum Gasteiger partial charge on any atom is 0.319 e. The van der Waals surface area contributed by atoms with Crippen molar-refractivity contribution in [2.45, 2.75) is 13.5 Å². The fraction of sp³-hybridized carbons (Fsp3) is 0.455. The first-order valence-corrected chi connectivity index (χ1v) is 5.84. The summed E-state index contributed by atoms with van der Waals surface area (Å²) in [5.41, 5.74) is 0.939. The van der Waals surface area contributed by atoms with Gasteiger partial charge in [0.1, 0.15) is 0 Å². The van der Waals surface area contributed by atoms with Crippen molar-refractivity contribution < 1.29 is 9.53 Å². The smallest absolute Gasteiger partial charge is 0.319 e. The van der Waals surface area contributed by atoms with E-state index >= 15 is 0 Å². The topological polar surface area (TPSA) is 42.4 Å². The molecule has 1 aromatic rings. The highest BCUT2D eigenvalue weighted by molar-refractivity contribution is 9.10. The predicted octanol–water partition coefficient (Wildman–Crippen LogP) is 1.84. The first kappa shape index (κ1) is 13.1. The molecule has 0 atom stereocenters. The van der Waals surface area contributed by atoms with E-state index in [-0.39, 0.29) is 5.97 Å². The number of halogens is 1. The maximum atomic E-state index is 11.1. The number of likely N-dealkylation sites (N-methyl/N-ethyl adjacent to an activating group) is 1. The highest BCUT2D eigenvalue weighted by atomic mass is 79.9. The van der Waals surface area contributed by atoms with Crippen LogP contribution in [-0.2, 0) is 16.1 Å². The van der Waals surface area contributed by atoms with Gasteiger partial charge in [-0.1, -0.05) is 6.92 Å². The van der Waals surface area contributed by atoms with Gasteiger partial charge >= 0.3 is 5.97 Å². The van der Waals surface area contributed by atoms with Crippen molar-refractivity contribution in [3.63, 3.8) is 0 Å². The molecule has 0 spiro atoms. The second-order valence-electron chi connectivity index (χ2n) is 3.35. The summed E-state index contributed by atoms with van der Waals surface area (Å²) < 4.78 is 5.58. The van der Waals surface area contributed by atoms with E-state index in [1.165, 1.54) is 7.11 Å². The SMILES string of the molecule is CCN(CC(=O)OC)Cc1ccc(Br)cn1. The summed E-state index contributed by atoms with van der Waals surface area (Å²) in [5, 5.41) is 0. The summed E-state index contributed by atoms with van der Waals surface area (Å²) in [5.74, 6) is -0.223. The Kier molecular flexibility index (Phi) is 5.42. The standard InChI is InChI=1S/C11H15BrN2O2/c1-3-14(8-11(15)16-2)7-10-5-4-9(12)6-13-10/h4-6H,3,7-8H2,1-2H3. The Morgan fingerprint density at radius 2 is 2.31 bits per heavy atom. The lowest BCUT2D eigenvalue weighted by Crippen LogP contribution is -2.30. The molecule has 4 nitrogen and oxygen atoms in total. The van der Waals surface area contributed by atoms with E-state index in [0.29, 0.717) is 13.1 Å². The normalized spacial score (nSPS) is 10.5. The molecule has 0 aliphatic heterocycles. The Labute approximate surface area is 104 Å². The first-order chi connectivity index (χ1) is 7.65. The van der Waals surface area contributed by atoms with Crippen LogP contribution in [0, 0.1) is 0 Å². The first-order valence-electron chi connectivity index (χ1n) is 5.05. The van der Waals surface area contributed by atoms with Crippen molar-refractivity contribution in [2.24, 2.45) is 0 Å². The number of hydrogen-bond acceptors (Lipinski definition) is 4. The van der Waals surface area contributed by atoms with Gasteiger partial charge in [0.15, 0.2) is 0 Å². The van der Waals surface area contributed by atoms with Gasteiger partial charge in [0.2, 0.25) is 0 Å². The van der Waals surface area contributed by atoms with Crippen LogP contribution in [-0.4, -0.2) is 36.1 Å². The number of nitrogens with zero attached hydrogens (tertiary/aromatic N) is 2. The summed E-state index contributed by atoms with van der Waals surface area (Å²) in [6, 6.07) is 3.87. The average molecular weight is 287 g/mol. The number of methoxy groups -OCH3 is 1. The molecule has 0 fully saturated rings. The molecule has 0 aliphatic rings. The number of pyridine rings is 1. The Morgan fingerprint density at radius 1 is 1.56 bits per heavy atom. The molecule has 1 aromatic heterocycles. The average Bonchev–Trinajstić information content (AvgIpc) is 2.30. The van der Waals surface area contributed by atoms with Gasteiger partial charge in [-0.05, 0) is 34.6 Å². The molecule has 0 unspecified atom stereocenters. The van der Waals surface area contributed by atoms with Crippen LogP contribution in [0.4, 0.5) is 0 Å². The molecule has 0 aliphatic carbocycles. The third-order valence-electron chi connectivity index (χ3n) is 2.20. The number of hydrogen-bond donors (Lipinski definition) is 0. The molecule has 1 rings (SSSR count). The highest BCUT2D eigenvalue weighted by Crippen LogP contribution is 2.09. The molecule has 1 heterocycles. The molecule has 0 amide bonds. The quantitative estimate of drug-likeness (QED) is 0.775. The van der Waals surface area contributed by atoms with Crippen LogP contribution in [0.15, 0.2) is 22.8 Å². The van der Waals surface area contributed by atoms with E-state index in [9.17, 15) is 4.79 Å². The number of esters is 1. The lowest BCUT2D eigenvalue weighted by molar-refractivity contribution is -0.142. The summed E-state index contributed by atoms with van der Waals surface area (Å²) in [7, 11) is 1.40. The molecule has 0 aromatic carbocycles. The monoisotopic (exact) mass is 286 g/mol. The van der Waals surface area contributed by atoms with Gasteiger partial charge in [-0.3, -0.25) is 14.7 Å². The fourth-order valence-corrected chi connectivity index (χ4v) is 1.49. The van der Waals surface area contributed by atoms with Gasteiger partial charge in [0.25, 0.3) is 0 Å². The molecular weight excluding hydrogens is 272 g/mol. The highest BCUT2D eigenvalue weighted by Gasteiger charge is 2.09. The van der Waals surface area contributed by atoms with Gasteiger partial charge in [0, 0.05) is 17.2 Å². The third-order valence-corrected chi connectivity index (χ3v) is 2.67. The van der Waals surface area contributed by atoms with Crippen LogP contribution >= 0.6 is 15.9 Å². The van der Waals surface area contributed by atoms with E-state index in [1.807, 2.05) is 24.0 Å². The minimum absolute atomic E-state index is 0.223. The van der Waals surface area contributed by atoms with Crippen molar-refractivity contribution in [3.8, 4) is 0 Å². The molecule has 0 saturated heterocycles. The Morgan fingerprint density at radius 3 is 2.81 bits per heavy atom. The van der Waals surface area contributed by atoms with Crippen LogP contribution in [0.5, 0.6) is 0 Å². The van der Waals surface area contributed by atoms with Crippen LogP contribution in [0.1, 0.15) is 12.6 Å². The Bertz CT molecular complexity index is 340. The van der Waals surface area contributed by atoms with Gasteiger partial charge in [-0.25, -0.2) is 0 Å². The van der Waals surface area contributed by atoms with E-state index in [2.05, 4.69) is 25.7 Å². The molecule has 0 N–H and O–H groups in total. The number of aromatic nitrogens is 1. The zero-order chi connectivity index (χ0) is 12.0. The number of rotatable bonds is 5. The molecule has 16 heavy (non-hydrogen) atoms. The fourth-order valence-electron chi connectivity index (χ4n) is 1.26. The molecular formula is C11H15BrN2O2. The molecule has 5 heteroatoms. The van der Waals surface area contributed by atoms with Crippen LogP contribution in [0.3, 0.4) is 0 Å². The second-order valence-corrected chi connectivity index (χ2v) is 4.26. The summed E-state index contributed by atoms with van der Waals surface area (Å²) in [6.07, 6.45) is 1.75. The lowest BCUT2D eigenvalue weighted by atomic mass is 10.3. The van der Waals surface area contributed by atoms with Crippen molar-refractivity contribution in [1.29, 1.82) is 0 Å². The van der Waals surface area contributed by atoms with Crippen LogP contribution < -0.4 is 0 Å². The summed E-state index contributed by atoms with van der Waals surface area (Å²) >= 11 is 3.33.